The van der Waals surface area contributed by atoms with E-state index in [-0.39, 0.29) is 11.9 Å². The van der Waals surface area contributed by atoms with Crippen LogP contribution in [-0.4, -0.2) is 42.6 Å². The lowest BCUT2D eigenvalue weighted by atomic mass is 9.86. The quantitative estimate of drug-likeness (QED) is 0.908. The molecule has 2 heterocycles. The van der Waals surface area contributed by atoms with E-state index in [0.717, 1.165) is 57.4 Å². The van der Waals surface area contributed by atoms with Crippen LogP contribution in [0.25, 0.3) is 0 Å². The van der Waals surface area contributed by atoms with E-state index in [1.807, 2.05) is 11.0 Å². The van der Waals surface area contributed by atoms with E-state index in [1.165, 1.54) is 24.0 Å². The zero-order valence-corrected chi connectivity index (χ0v) is 14.4. The second-order valence-electron chi connectivity index (χ2n) is 7.66. The number of nitrogens with zero attached hydrogens (tertiary/aromatic N) is 1. The fourth-order valence-corrected chi connectivity index (χ4v) is 4.55. The third kappa shape index (κ3) is 3.22. The van der Waals surface area contributed by atoms with Crippen LogP contribution in [0.3, 0.4) is 0 Å². The number of ether oxygens (including phenoxy) is 1. The minimum absolute atomic E-state index is 0.199. The van der Waals surface area contributed by atoms with E-state index in [1.54, 1.807) is 0 Å². The molecule has 2 N–H and O–H groups in total. The summed E-state index contributed by atoms with van der Waals surface area (Å²) < 4.78 is 5.94. The normalized spacial score (nSPS) is 28.0. The Morgan fingerprint density at radius 3 is 2.71 bits per heavy atom. The van der Waals surface area contributed by atoms with Crippen LogP contribution in [-0.2, 0) is 17.6 Å². The number of likely N-dealkylation sites (tertiary alicyclic amines) is 1. The molecule has 0 aromatic heterocycles. The average molecular weight is 328 g/mol. The first-order chi connectivity index (χ1) is 11.7. The molecule has 0 spiro atoms. The van der Waals surface area contributed by atoms with Gasteiger partial charge in [0.05, 0.1) is 6.10 Å². The Morgan fingerprint density at radius 1 is 1.12 bits per heavy atom. The average Bonchev–Trinajstić information content (AvgIpc) is 3.09. The molecule has 4 nitrogen and oxygen atoms in total. The van der Waals surface area contributed by atoms with Crippen LogP contribution in [0.5, 0.6) is 0 Å². The van der Waals surface area contributed by atoms with Gasteiger partial charge in [0.2, 0.25) is 0 Å². The number of piperidine rings is 1. The second kappa shape index (κ2) is 6.85. The number of hydrogen-bond donors (Lipinski definition) is 1. The maximum atomic E-state index is 12.8. The van der Waals surface area contributed by atoms with Crippen molar-refractivity contribution in [3.05, 3.63) is 34.9 Å². The number of hydrogen-bond acceptors (Lipinski definition) is 3. The van der Waals surface area contributed by atoms with Gasteiger partial charge in [-0.25, -0.2) is 0 Å². The molecule has 2 fully saturated rings. The lowest BCUT2D eigenvalue weighted by Crippen LogP contribution is -2.45. The molecule has 1 aliphatic carbocycles. The standard InChI is InChI=1S/C20H28N2O2/c21-18-8-11-24-19(13-18)15-6-9-22(10-7-15)20(23)17-5-4-14-2-1-3-16(14)12-17/h4-5,12,15,18-19H,1-3,6-11,13,21H2/t18-,19+/m1/s1. The largest absolute Gasteiger partial charge is 0.378 e. The first kappa shape index (κ1) is 16.1. The molecule has 130 valence electrons. The third-order valence-corrected chi connectivity index (χ3v) is 6.05. The smallest absolute Gasteiger partial charge is 0.253 e. The van der Waals surface area contributed by atoms with Crippen molar-refractivity contribution in [2.24, 2.45) is 11.7 Å². The predicted molar refractivity (Wildman–Crippen MR) is 94.0 cm³/mol. The van der Waals surface area contributed by atoms with E-state index in [9.17, 15) is 4.79 Å². The number of benzene rings is 1. The zero-order valence-electron chi connectivity index (χ0n) is 14.4. The van der Waals surface area contributed by atoms with Gasteiger partial charge in [-0.15, -0.1) is 0 Å². The summed E-state index contributed by atoms with van der Waals surface area (Å²) in [5.74, 6) is 0.754. The monoisotopic (exact) mass is 328 g/mol. The van der Waals surface area contributed by atoms with E-state index >= 15 is 0 Å². The fourth-order valence-electron chi connectivity index (χ4n) is 4.55. The van der Waals surface area contributed by atoms with Crippen molar-refractivity contribution in [1.82, 2.24) is 4.90 Å². The SMILES string of the molecule is N[C@@H]1CCO[C@H](C2CCN(C(=O)c3ccc4c(c3)CCC4)CC2)C1. The number of rotatable bonds is 2. The van der Waals surface area contributed by atoms with Crippen LogP contribution >= 0.6 is 0 Å². The van der Waals surface area contributed by atoms with Gasteiger partial charge in [-0.3, -0.25) is 4.79 Å². The molecule has 0 saturated carbocycles. The van der Waals surface area contributed by atoms with Crippen LogP contribution < -0.4 is 5.73 Å². The van der Waals surface area contributed by atoms with Crippen molar-refractivity contribution in [2.75, 3.05) is 19.7 Å². The molecule has 0 bridgehead atoms. The molecule has 1 amide bonds. The summed E-state index contributed by atoms with van der Waals surface area (Å²) in [4.78, 5) is 14.8. The summed E-state index contributed by atoms with van der Waals surface area (Å²) >= 11 is 0. The van der Waals surface area contributed by atoms with Gasteiger partial charge in [0, 0.05) is 31.3 Å². The summed E-state index contributed by atoms with van der Waals surface area (Å²) in [6.45, 7) is 2.48. The third-order valence-electron chi connectivity index (χ3n) is 6.05. The number of nitrogens with two attached hydrogens (primary N) is 1. The first-order valence-electron chi connectivity index (χ1n) is 9.49. The topological polar surface area (TPSA) is 55.6 Å². The van der Waals surface area contributed by atoms with Crippen LogP contribution in [0.4, 0.5) is 0 Å². The van der Waals surface area contributed by atoms with Crippen LogP contribution in [0, 0.1) is 5.92 Å². The van der Waals surface area contributed by atoms with Crippen LogP contribution in [0.15, 0.2) is 18.2 Å². The molecule has 4 heteroatoms. The Balaban J connectivity index is 1.36. The van der Waals surface area contributed by atoms with Crippen LogP contribution in [0.1, 0.15) is 53.6 Å². The molecule has 2 atom stereocenters. The van der Waals surface area contributed by atoms with Gasteiger partial charge in [-0.1, -0.05) is 6.07 Å². The minimum atomic E-state index is 0.199. The molecule has 4 rings (SSSR count). The van der Waals surface area contributed by atoms with Crippen LogP contribution in [0.2, 0.25) is 0 Å². The van der Waals surface area contributed by atoms with Gasteiger partial charge in [-0.05, 0) is 74.1 Å². The highest BCUT2D eigenvalue weighted by atomic mass is 16.5. The summed E-state index contributed by atoms with van der Waals surface area (Å²) in [6, 6.07) is 6.58. The highest BCUT2D eigenvalue weighted by molar-refractivity contribution is 5.94. The molecule has 3 aliphatic rings. The van der Waals surface area contributed by atoms with E-state index in [4.69, 9.17) is 10.5 Å². The molecule has 2 saturated heterocycles. The summed E-state index contributed by atoms with van der Waals surface area (Å²) in [7, 11) is 0. The van der Waals surface area contributed by atoms with Gasteiger partial charge in [0.15, 0.2) is 0 Å². The Labute approximate surface area is 144 Å². The van der Waals surface area contributed by atoms with Gasteiger partial charge in [-0.2, -0.15) is 0 Å². The molecular formula is C20H28N2O2. The zero-order chi connectivity index (χ0) is 16.5. The first-order valence-corrected chi connectivity index (χ1v) is 9.49. The Kier molecular flexibility index (Phi) is 4.59. The molecule has 24 heavy (non-hydrogen) atoms. The van der Waals surface area contributed by atoms with E-state index in [2.05, 4.69) is 12.1 Å². The number of aryl methyl sites for hydroxylation is 2. The van der Waals surface area contributed by atoms with Gasteiger partial charge < -0.3 is 15.4 Å². The number of carbonyl (C=O) groups excluding carboxylic acids is 1. The van der Waals surface area contributed by atoms with E-state index in [0.29, 0.717) is 12.0 Å². The van der Waals surface area contributed by atoms with Crippen molar-refractivity contribution in [2.45, 2.75) is 57.1 Å². The summed E-state index contributed by atoms with van der Waals surface area (Å²) in [5.41, 5.74) is 9.75. The lowest BCUT2D eigenvalue weighted by molar-refractivity contribution is -0.0419. The maximum Gasteiger partial charge on any atom is 0.253 e. The Morgan fingerprint density at radius 2 is 1.92 bits per heavy atom. The van der Waals surface area contributed by atoms with E-state index < -0.39 is 0 Å². The number of fused-ring (bicyclic) bond motifs is 1. The molecular weight excluding hydrogens is 300 g/mol. The number of amides is 1. The van der Waals surface area contributed by atoms with Crippen molar-refractivity contribution in [3.8, 4) is 0 Å². The molecule has 0 unspecified atom stereocenters. The lowest BCUT2D eigenvalue weighted by Gasteiger charge is -2.38. The second-order valence-corrected chi connectivity index (χ2v) is 7.66. The highest BCUT2D eigenvalue weighted by Crippen LogP contribution is 2.29. The number of carbonyl (C=O) groups is 1. The van der Waals surface area contributed by atoms with Crippen molar-refractivity contribution < 1.29 is 9.53 Å². The van der Waals surface area contributed by atoms with Gasteiger partial charge in [0.25, 0.3) is 5.91 Å². The minimum Gasteiger partial charge on any atom is -0.378 e. The predicted octanol–water partition coefficient (Wildman–Crippen LogP) is 2.53. The molecule has 2 aliphatic heterocycles. The molecule has 0 radical (unpaired) electrons. The van der Waals surface area contributed by atoms with Crippen molar-refractivity contribution >= 4 is 5.91 Å². The van der Waals surface area contributed by atoms with Crippen molar-refractivity contribution in [1.29, 1.82) is 0 Å². The summed E-state index contributed by atoms with van der Waals surface area (Å²) in [6.07, 6.45) is 7.84. The maximum absolute atomic E-state index is 12.8. The van der Waals surface area contributed by atoms with Gasteiger partial charge >= 0.3 is 0 Å². The Hall–Kier alpha value is -1.39. The van der Waals surface area contributed by atoms with Crippen molar-refractivity contribution in [3.63, 3.8) is 0 Å². The Bertz CT molecular complexity index is 608. The summed E-state index contributed by atoms with van der Waals surface area (Å²) in [5, 5.41) is 0. The highest BCUT2D eigenvalue weighted by Gasteiger charge is 2.32. The fraction of sp³-hybridized carbons (Fsp3) is 0.650. The molecule has 1 aromatic rings. The molecule has 1 aromatic carbocycles. The van der Waals surface area contributed by atoms with Gasteiger partial charge in [0.1, 0.15) is 0 Å².